The molecule has 0 aliphatic rings. The molecule has 3 aromatic rings. The Balaban J connectivity index is 1.84. The Hall–Kier alpha value is -3.69. The van der Waals surface area contributed by atoms with Gasteiger partial charge in [-0.2, -0.15) is 4.31 Å². The van der Waals surface area contributed by atoms with Gasteiger partial charge in [-0.15, -0.1) is 0 Å². The van der Waals surface area contributed by atoms with Crippen molar-refractivity contribution in [3.05, 3.63) is 84.4 Å². The fourth-order valence-corrected chi connectivity index (χ4v) is 4.80. The third-order valence-corrected chi connectivity index (χ3v) is 7.11. The van der Waals surface area contributed by atoms with Crippen LogP contribution in [0.4, 0.5) is 11.4 Å². The van der Waals surface area contributed by atoms with E-state index in [2.05, 4.69) is 10.6 Å². The van der Waals surface area contributed by atoms with Gasteiger partial charge in [0.2, 0.25) is 21.8 Å². The van der Waals surface area contributed by atoms with Crippen molar-refractivity contribution in [1.82, 2.24) is 4.31 Å². The molecular weight excluding hydrogens is 454 g/mol. The van der Waals surface area contributed by atoms with Crippen LogP contribution >= 0.6 is 0 Å². The van der Waals surface area contributed by atoms with Gasteiger partial charge in [0, 0.05) is 31.8 Å². The zero-order valence-corrected chi connectivity index (χ0v) is 20.0. The van der Waals surface area contributed by atoms with Gasteiger partial charge in [-0.3, -0.25) is 9.59 Å². The van der Waals surface area contributed by atoms with E-state index >= 15 is 0 Å². The maximum absolute atomic E-state index is 13.3. The summed E-state index contributed by atoms with van der Waals surface area (Å²) in [6.07, 6.45) is -0.109. The van der Waals surface area contributed by atoms with Gasteiger partial charge in [0.1, 0.15) is 5.75 Å². The van der Waals surface area contributed by atoms with Crippen molar-refractivity contribution < 1.29 is 22.7 Å². The molecule has 8 nitrogen and oxygen atoms in total. The predicted molar refractivity (Wildman–Crippen MR) is 131 cm³/mol. The van der Waals surface area contributed by atoms with Crippen LogP contribution in [-0.4, -0.2) is 38.7 Å². The molecule has 0 aliphatic carbocycles. The second kappa shape index (κ2) is 11.0. The highest BCUT2D eigenvalue weighted by Gasteiger charge is 2.31. The minimum Gasteiger partial charge on any atom is -0.497 e. The third kappa shape index (κ3) is 6.21. The Morgan fingerprint density at radius 3 is 1.97 bits per heavy atom. The Morgan fingerprint density at radius 2 is 1.44 bits per heavy atom. The largest absolute Gasteiger partial charge is 0.497 e. The van der Waals surface area contributed by atoms with E-state index in [4.69, 9.17) is 4.74 Å². The number of hydrogen-bond donors (Lipinski definition) is 2. The molecule has 0 spiro atoms. The van der Waals surface area contributed by atoms with Gasteiger partial charge in [-0.1, -0.05) is 30.3 Å². The van der Waals surface area contributed by atoms with Gasteiger partial charge in [0.15, 0.2) is 0 Å². The van der Waals surface area contributed by atoms with E-state index in [1.807, 2.05) is 0 Å². The monoisotopic (exact) mass is 481 g/mol. The number of anilines is 2. The standard InChI is InChI=1S/C25H27N3O5S/c1-18(29)26-20-11-13-21(14-12-20)27-25(30)17-24(19-9-15-22(33-3)16-10-19)28(2)34(31,32)23-7-5-4-6-8-23/h4-16,24H,17H2,1-3H3,(H,26,29)(H,27,30)/t24-/m0/s1. The number of nitrogens with zero attached hydrogens (tertiary/aromatic N) is 1. The molecular formula is C25H27N3O5S. The fraction of sp³-hybridized carbons (Fsp3) is 0.200. The summed E-state index contributed by atoms with van der Waals surface area (Å²) in [5.41, 5.74) is 1.79. The van der Waals surface area contributed by atoms with Crippen molar-refractivity contribution in [2.45, 2.75) is 24.3 Å². The Labute approximate surface area is 199 Å². The van der Waals surface area contributed by atoms with Crippen LogP contribution in [0.3, 0.4) is 0 Å². The smallest absolute Gasteiger partial charge is 0.243 e. The molecule has 0 unspecified atom stereocenters. The summed E-state index contributed by atoms with van der Waals surface area (Å²) in [4.78, 5) is 24.2. The number of nitrogens with one attached hydrogen (secondary N) is 2. The Bertz CT molecular complexity index is 1230. The van der Waals surface area contributed by atoms with E-state index < -0.39 is 16.1 Å². The summed E-state index contributed by atoms with van der Waals surface area (Å²) in [6, 6.07) is 20.9. The fourth-order valence-electron chi connectivity index (χ4n) is 3.44. The van der Waals surface area contributed by atoms with Gasteiger partial charge in [-0.05, 0) is 54.1 Å². The van der Waals surface area contributed by atoms with E-state index in [0.29, 0.717) is 22.7 Å². The van der Waals surface area contributed by atoms with Crippen LogP contribution in [0.2, 0.25) is 0 Å². The molecule has 0 aromatic heterocycles. The summed E-state index contributed by atoms with van der Waals surface area (Å²) < 4.78 is 33.0. The summed E-state index contributed by atoms with van der Waals surface area (Å²) in [7, 11) is -0.846. The van der Waals surface area contributed by atoms with E-state index in [-0.39, 0.29) is 23.1 Å². The molecule has 0 fully saturated rings. The SMILES string of the molecule is COc1ccc([C@H](CC(=O)Nc2ccc(NC(C)=O)cc2)N(C)S(=O)(=O)c2ccccc2)cc1. The first-order valence-corrected chi connectivity index (χ1v) is 12.0. The second-order valence-corrected chi connectivity index (χ2v) is 9.63. The van der Waals surface area contributed by atoms with Crippen LogP contribution in [0.1, 0.15) is 24.9 Å². The molecule has 0 aliphatic heterocycles. The first-order chi connectivity index (χ1) is 16.2. The summed E-state index contributed by atoms with van der Waals surface area (Å²) in [5, 5.41) is 5.45. The number of rotatable bonds is 9. The Morgan fingerprint density at radius 1 is 0.882 bits per heavy atom. The number of sulfonamides is 1. The Kier molecular flexibility index (Phi) is 8.04. The number of amides is 2. The maximum atomic E-state index is 13.3. The maximum Gasteiger partial charge on any atom is 0.243 e. The molecule has 9 heteroatoms. The molecule has 2 N–H and O–H groups in total. The average Bonchev–Trinajstić information content (AvgIpc) is 2.83. The van der Waals surface area contributed by atoms with Gasteiger partial charge >= 0.3 is 0 Å². The van der Waals surface area contributed by atoms with Crippen molar-refractivity contribution in [2.75, 3.05) is 24.8 Å². The number of ether oxygens (including phenoxy) is 1. The normalized spacial score (nSPS) is 12.1. The van der Waals surface area contributed by atoms with Crippen LogP contribution in [0.25, 0.3) is 0 Å². The number of hydrogen-bond acceptors (Lipinski definition) is 5. The molecule has 3 rings (SSSR count). The molecule has 2 amide bonds. The van der Waals surface area contributed by atoms with E-state index in [9.17, 15) is 18.0 Å². The molecule has 0 bridgehead atoms. The number of carbonyl (C=O) groups is 2. The molecule has 0 saturated heterocycles. The highest BCUT2D eigenvalue weighted by Crippen LogP contribution is 2.30. The molecule has 0 saturated carbocycles. The van der Waals surface area contributed by atoms with Gasteiger partial charge in [0.25, 0.3) is 0 Å². The van der Waals surface area contributed by atoms with Crippen molar-refractivity contribution in [3.8, 4) is 5.75 Å². The van der Waals surface area contributed by atoms with Crippen LogP contribution in [0.15, 0.2) is 83.8 Å². The molecule has 1 atom stereocenters. The number of methoxy groups -OCH3 is 1. The summed E-state index contributed by atoms with van der Waals surface area (Å²) in [6.45, 7) is 1.41. The number of carbonyl (C=O) groups excluding carboxylic acids is 2. The van der Waals surface area contributed by atoms with E-state index in [0.717, 1.165) is 0 Å². The van der Waals surface area contributed by atoms with Crippen LogP contribution in [0.5, 0.6) is 5.75 Å². The summed E-state index contributed by atoms with van der Waals surface area (Å²) in [5.74, 6) is 0.0739. The lowest BCUT2D eigenvalue weighted by Crippen LogP contribution is -2.33. The highest BCUT2D eigenvalue weighted by molar-refractivity contribution is 7.89. The van der Waals surface area contributed by atoms with Gasteiger partial charge in [-0.25, -0.2) is 8.42 Å². The predicted octanol–water partition coefficient (Wildman–Crippen LogP) is 4.04. The third-order valence-electron chi connectivity index (χ3n) is 5.23. The van der Waals surface area contributed by atoms with Gasteiger partial charge in [0.05, 0.1) is 18.0 Å². The van der Waals surface area contributed by atoms with E-state index in [1.165, 1.54) is 30.4 Å². The zero-order chi connectivity index (χ0) is 24.7. The molecule has 178 valence electrons. The van der Waals surface area contributed by atoms with E-state index in [1.54, 1.807) is 73.8 Å². The van der Waals surface area contributed by atoms with Crippen molar-refractivity contribution in [3.63, 3.8) is 0 Å². The van der Waals surface area contributed by atoms with Crippen molar-refractivity contribution >= 4 is 33.2 Å². The minimum atomic E-state index is -3.86. The minimum absolute atomic E-state index is 0.109. The lowest BCUT2D eigenvalue weighted by atomic mass is 10.0. The average molecular weight is 482 g/mol. The summed E-state index contributed by atoms with van der Waals surface area (Å²) >= 11 is 0. The first-order valence-electron chi connectivity index (χ1n) is 10.5. The molecule has 0 radical (unpaired) electrons. The lowest BCUT2D eigenvalue weighted by molar-refractivity contribution is -0.117. The quantitative estimate of drug-likeness (QED) is 0.480. The molecule has 34 heavy (non-hydrogen) atoms. The van der Waals surface area contributed by atoms with Crippen molar-refractivity contribution in [1.29, 1.82) is 0 Å². The highest BCUT2D eigenvalue weighted by atomic mass is 32.2. The van der Waals surface area contributed by atoms with Gasteiger partial charge < -0.3 is 15.4 Å². The topological polar surface area (TPSA) is 105 Å². The van der Waals surface area contributed by atoms with Crippen LogP contribution in [0, 0.1) is 0 Å². The molecule has 3 aromatic carbocycles. The van der Waals surface area contributed by atoms with Crippen LogP contribution < -0.4 is 15.4 Å². The number of benzene rings is 3. The zero-order valence-electron chi connectivity index (χ0n) is 19.2. The molecule has 0 heterocycles. The lowest BCUT2D eigenvalue weighted by Gasteiger charge is -2.28. The first kappa shape index (κ1) is 24.9. The second-order valence-electron chi connectivity index (χ2n) is 7.63. The van der Waals surface area contributed by atoms with Crippen molar-refractivity contribution in [2.24, 2.45) is 0 Å². The van der Waals surface area contributed by atoms with Crippen LogP contribution in [-0.2, 0) is 19.6 Å².